The van der Waals surface area contributed by atoms with Gasteiger partial charge in [-0.05, 0) is 30.3 Å². The third-order valence-electron chi connectivity index (χ3n) is 2.68. The minimum Gasteiger partial charge on any atom is -0.478 e. The molecular weight excluding hydrogens is 273 g/mol. The Labute approximate surface area is 111 Å². The van der Waals surface area contributed by atoms with Crippen LogP contribution in [-0.2, 0) is 6.18 Å². The van der Waals surface area contributed by atoms with Crippen molar-refractivity contribution in [3.63, 3.8) is 0 Å². The number of alkyl halides is 3. The molecule has 1 aromatic carbocycles. The molecule has 0 saturated carbocycles. The van der Waals surface area contributed by atoms with Crippen molar-refractivity contribution in [2.75, 3.05) is 0 Å². The van der Waals surface area contributed by atoms with E-state index in [1.54, 1.807) is 0 Å². The molecule has 4 nitrogen and oxygen atoms in total. The molecule has 1 N–H and O–H groups in total. The molecule has 7 heteroatoms. The number of benzene rings is 1. The zero-order valence-electron chi connectivity index (χ0n) is 9.85. The Kier molecular flexibility index (Phi) is 3.24. The van der Waals surface area contributed by atoms with Gasteiger partial charge in [-0.1, -0.05) is 0 Å². The number of nitriles is 1. The van der Waals surface area contributed by atoms with Crippen LogP contribution in [0.5, 0.6) is 0 Å². The van der Waals surface area contributed by atoms with Crippen molar-refractivity contribution >= 4 is 5.97 Å². The fourth-order valence-corrected chi connectivity index (χ4v) is 1.80. The van der Waals surface area contributed by atoms with E-state index in [1.807, 2.05) is 6.07 Å². The molecular formula is C13H7F3N2O2. The molecule has 1 heterocycles. The zero-order chi connectivity index (χ0) is 14.9. The van der Waals surface area contributed by atoms with Crippen LogP contribution >= 0.6 is 0 Å². The van der Waals surface area contributed by atoms with E-state index in [-0.39, 0.29) is 11.4 Å². The van der Waals surface area contributed by atoms with Crippen molar-refractivity contribution in [1.29, 1.82) is 5.26 Å². The second-order valence-corrected chi connectivity index (χ2v) is 3.91. The quantitative estimate of drug-likeness (QED) is 0.919. The predicted molar refractivity (Wildman–Crippen MR) is 62.4 cm³/mol. The number of hydrogen-bond acceptors (Lipinski definition) is 2. The van der Waals surface area contributed by atoms with Gasteiger partial charge in [0.1, 0.15) is 11.8 Å². The Bertz CT molecular complexity index is 711. The molecule has 0 unspecified atom stereocenters. The normalized spacial score (nSPS) is 11.1. The van der Waals surface area contributed by atoms with Gasteiger partial charge in [0.15, 0.2) is 0 Å². The molecule has 20 heavy (non-hydrogen) atoms. The van der Waals surface area contributed by atoms with Gasteiger partial charge >= 0.3 is 12.1 Å². The highest BCUT2D eigenvalue weighted by Crippen LogP contribution is 2.33. The number of aromatic carboxylic acids is 1. The van der Waals surface area contributed by atoms with Crippen molar-refractivity contribution in [3.8, 4) is 11.8 Å². The minimum absolute atomic E-state index is 0.0730. The second-order valence-electron chi connectivity index (χ2n) is 3.91. The third-order valence-corrected chi connectivity index (χ3v) is 2.68. The molecule has 2 aromatic rings. The fourth-order valence-electron chi connectivity index (χ4n) is 1.80. The molecule has 0 bridgehead atoms. The van der Waals surface area contributed by atoms with Crippen LogP contribution in [0.1, 0.15) is 21.6 Å². The van der Waals surface area contributed by atoms with Gasteiger partial charge in [-0.2, -0.15) is 18.4 Å². The molecule has 0 saturated heterocycles. The first kappa shape index (κ1) is 13.7. The van der Waals surface area contributed by atoms with E-state index in [1.165, 1.54) is 29.0 Å². The summed E-state index contributed by atoms with van der Waals surface area (Å²) < 4.78 is 39.9. The van der Waals surface area contributed by atoms with E-state index in [9.17, 15) is 18.0 Å². The average molecular weight is 280 g/mol. The second kappa shape index (κ2) is 4.74. The largest absolute Gasteiger partial charge is 0.478 e. The van der Waals surface area contributed by atoms with E-state index in [0.29, 0.717) is 6.07 Å². The number of rotatable bonds is 2. The molecule has 2 rings (SSSR count). The van der Waals surface area contributed by atoms with Gasteiger partial charge in [0.05, 0.1) is 11.1 Å². The monoisotopic (exact) mass is 280 g/mol. The molecule has 0 amide bonds. The van der Waals surface area contributed by atoms with Crippen LogP contribution in [0.2, 0.25) is 0 Å². The van der Waals surface area contributed by atoms with Crippen molar-refractivity contribution in [3.05, 3.63) is 53.3 Å². The van der Waals surface area contributed by atoms with Crippen LogP contribution in [0.3, 0.4) is 0 Å². The minimum atomic E-state index is -4.79. The molecule has 0 aliphatic heterocycles. The van der Waals surface area contributed by atoms with Gasteiger partial charge in [-0.15, -0.1) is 0 Å². The highest BCUT2D eigenvalue weighted by atomic mass is 19.4. The van der Waals surface area contributed by atoms with E-state index < -0.39 is 23.3 Å². The average Bonchev–Trinajstić information content (AvgIpc) is 2.85. The zero-order valence-corrected chi connectivity index (χ0v) is 9.85. The first-order valence-corrected chi connectivity index (χ1v) is 5.37. The summed E-state index contributed by atoms with van der Waals surface area (Å²) in [5.41, 5.74) is -1.85. The SMILES string of the molecule is N#Cc1cccn1-c1ccc(C(=O)O)c(C(F)(F)F)c1. The number of carbonyl (C=O) groups is 1. The van der Waals surface area contributed by atoms with Crippen LogP contribution in [-0.4, -0.2) is 15.6 Å². The van der Waals surface area contributed by atoms with Gasteiger partial charge < -0.3 is 9.67 Å². The maximum Gasteiger partial charge on any atom is 0.417 e. The maximum atomic E-state index is 12.9. The highest BCUT2D eigenvalue weighted by molar-refractivity contribution is 5.90. The number of hydrogen-bond donors (Lipinski definition) is 1. The van der Waals surface area contributed by atoms with Gasteiger partial charge in [0, 0.05) is 11.9 Å². The molecule has 0 aliphatic carbocycles. The molecule has 0 spiro atoms. The maximum absolute atomic E-state index is 12.9. The molecule has 0 radical (unpaired) electrons. The fraction of sp³-hybridized carbons (Fsp3) is 0.0769. The van der Waals surface area contributed by atoms with Crippen molar-refractivity contribution in [1.82, 2.24) is 4.57 Å². The Balaban J connectivity index is 2.65. The summed E-state index contributed by atoms with van der Waals surface area (Å²) in [4.78, 5) is 10.8. The Hall–Kier alpha value is -2.75. The third kappa shape index (κ3) is 2.36. The lowest BCUT2D eigenvalue weighted by Crippen LogP contribution is -2.14. The summed E-state index contributed by atoms with van der Waals surface area (Å²) in [5.74, 6) is -1.66. The van der Waals surface area contributed by atoms with Gasteiger partial charge in [-0.25, -0.2) is 4.79 Å². The van der Waals surface area contributed by atoms with Crippen molar-refractivity contribution in [2.45, 2.75) is 6.18 Å². The first-order chi connectivity index (χ1) is 9.34. The predicted octanol–water partition coefficient (Wildman–Crippen LogP) is 3.07. The van der Waals surface area contributed by atoms with Crippen LogP contribution in [0.25, 0.3) is 5.69 Å². The Morgan fingerprint density at radius 1 is 1.30 bits per heavy atom. The van der Waals surface area contributed by atoms with Gasteiger partial charge in [-0.3, -0.25) is 0 Å². The van der Waals surface area contributed by atoms with Gasteiger partial charge in [0.2, 0.25) is 0 Å². The van der Waals surface area contributed by atoms with Crippen LogP contribution in [0.4, 0.5) is 13.2 Å². The van der Waals surface area contributed by atoms with E-state index in [4.69, 9.17) is 10.4 Å². The van der Waals surface area contributed by atoms with E-state index >= 15 is 0 Å². The smallest absolute Gasteiger partial charge is 0.417 e. The number of aromatic nitrogens is 1. The standard InChI is InChI=1S/C13H7F3N2O2/c14-13(15,16)11-6-8(3-4-10(11)12(19)20)18-5-1-2-9(18)7-17/h1-6H,(H,19,20). The lowest BCUT2D eigenvalue weighted by Gasteiger charge is -2.13. The highest BCUT2D eigenvalue weighted by Gasteiger charge is 2.35. The van der Waals surface area contributed by atoms with E-state index in [2.05, 4.69) is 0 Å². The number of nitrogens with zero attached hydrogens (tertiary/aromatic N) is 2. The molecule has 0 aliphatic rings. The summed E-state index contributed by atoms with van der Waals surface area (Å²) >= 11 is 0. The summed E-state index contributed by atoms with van der Waals surface area (Å²) in [5, 5.41) is 17.6. The van der Waals surface area contributed by atoms with Crippen LogP contribution < -0.4 is 0 Å². The number of carboxylic acids is 1. The first-order valence-electron chi connectivity index (χ1n) is 5.37. The Morgan fingerprint density at radius 2 is 2.00 bits per heavy atom. The molecule has 1 aromatic heterocycles. The van der Waals surface area contributed by atoms with Crippen LogP contribution in [0.15, 0.2) is 36.5 Å². The lowest BCUT2D eigenvalue weighted by molar-refractivity contribution is -0.138. The molecule has 102 valence electrons. The van der Waals surface area contributed by atoms with Gasteiger partial charge in [0.25, 0.3) is 0 Å². The molecule has 0 fully saturated rings. The van der Waals surface area contributed by atoms with Crippen molar-refractivity contribution in [2.24, 2.45) is 0 Å². The topological polar surface area (TPSA) is 66.0 Å². The molecule has 0 atom stereocenters. The van der Waals surface area contributed by atoms with Crippen molar-refractivity contribution < 1.29 is 23.1 Å². The number of halogens is 3. The lowest BCUT2D eigenvalue weighted by atomic mass is 10.1. The summed E-state index contributed by atoms with van der Waals surface area (Å²) in [6.45, 7) is 0. The summed E-state index contributed by atoms with van der Waals surface area (Å²) in [6.07, 6.45) is -3.36. The van der Waals surface area contributed by atoms with E-state index in [0.717, 1.165) is 6.07 Å². The summed E-state index contributed by atoms with van der Waals surface area (Å²) in [6, 6.07) is 7.60. The number of carboxylic acid groups (broad SMARTS) is 1. The van der Waals surface area contributed by atoms with Crippen LogP contribution in [0, 0.1) is 11.3 Å². The Morgan fingerprint density at radius 3 is 2.55 bits per heavy atom. The summed E-state index contributed by atoms with van der Waals surface area (Å²) in [7, 11) is 0.